The third kappa shape index (κ3) is 7.31. The summed E-state index contributed by atoms with van der Waals surface area (Å²) in [7, 11) is 3.24. The van der Waals surface area contributed by atoms with Crippen molar-refractivity contribution in [3.05, 3.63) is 0 Å². The van der Waals surface area contributed by atoms with Gasteiger partial charge in [0, 0.05) is 27.3 Å². The van der Waals surface area contributed by atoms with Gasteiger partial charge in [-0.2, -0.15) is 0 Å². The fourth-order valence-electron chi connectivity index (χ4n) is 1.58. The minimum Gasteiger partial charge on any atom is -0.383 e. The lowest BCUT2D eigenvalue weighted by atomic mass is 10.0. The van der Waals surface area contributed by atoms with Gasteiger partial charge in [-0.05, 0) is 12.3 Å². The smallest absolute Gasteiger partial charge is 0.239 e. The number of carbonyl (C=O) groups excluding carboxylic acids is 1. The quantitative estimate of drug-likeness (QED) is 0.643. The van der Waals surface area contributed by atoms with Crippen LogP contribution in [0.1, 0.15) is 20.3 Å². The summed E-state index contributed by atoms with van der Waals surface area (Å²) in [5.74, 6) is 0.397. The molecular weight excluding hydrogens is 220 g/mol. The summed E-state index contributed by atoms with van der Waals surface area (Å²) in [4.78, 5) is 13.8. The second kappa shape index (κ2) is 9.39. The molecule has 0 fully saturated rings. The van der Waals surface area contributed by atoms with Crippen LogP contribution in [-0.2, 0) is 14.3 Å². The molecule has 0 aliphatic rings. The molecule has 0 saturated heterocycles. The van der Waals surface area contributed by atoms with Crippen molar-refractivity contribution < 1.29 is 14.3 Å². The summed E-state index contributed by atoms with van der Waals surface area (Å²) in [6.07, 6.45) is 0.704. The van der Waals surface area contributed by atoms with Crippen LogP contribution in [0.3, 0.4) is 0 Å². The molecule has 1 amide bonds. The van der Waals surface area contributed by atoms with E-state index >= 15 is 0 Å². The summed E-state index contributed by atoms with van der Waals surface area (Å²) in [6.45, 7) is 6.27. The number of carbonyl (C=O) groups is 1. The largest absolute Gasteiger partial charge is 0.383 e. The van der Waals surface area contributed by atoms with Crippen molar-refractivity contribution in [1.29, 1.82) is 0 Å². The van der Waals surface area contributed by atoms with Crippen molar-refractivity contribution in [2.24, 2.45) is 11.7 Å². The van der Waals surface area contributed by atoms with Crippen LogP contribution < -0.4 is 5.73 Å². The molecule has 1 atom stereocenters. The van der Waals surface area contributed by atoms with E-state index in [1.807, 2.05) is 0 Å². The van der Waals surface area contributed by atoms with E-state index in [1.54, 1.807) is 19.1 Å². The molecule has 0 aliphatic carbocycles. The Morgan fingerprint density at radius 2 is 1.65 bits per heavy atom. The van der Waals surface area contributed by atoms with E-state index in [0.717, 1.165) is 0 Å². The highest BCUT2D eigenvalue weighted by Gasteiger charge is 2.21. The van der Waals surface area contributed by atoms with Crippen LogP contribution in [0.4, 0.5) is 0 Å². The van der Waals surface area contributed by atoms with Gasteiger partial charge < -0.3 is 20.1 Å². The molecular formula is C12H26N2O3. The molecule has 0 rings (SSSR count). The first-order valence-corrected chi connectivity index (χ1v) is 6.05. The lowest BCUT2D eigenvalue weighted by Gasteiger charge is -2.25. The molecule has 0 bridgehead atoms. The molecule has 0 aromatic heterocycles. The second-order valence-electron chi connectivity index (χ2n) is 4.55. The zero-order valence-corrected chi connectivity index (χ0v) is 11.4. The third-order valence-corrected chi connectivity index (χ3v) is 2.48. The number of nitrogens with two attached hydrogens (primary N) is 1. The monoisotopic (exact) mass is 246 g/mol. The molecule has 102 valence electrons. The van der Waals surface area contributed by atoms with Crippen LogP contribution in [0.15, 0.2) is 0 Å². The number of hydrogen-bond donors (Lipinski definition) is 1. The van der Waals surface area contributed by atoms with Crippen LogP contribution in [0.25, 0.3) is 0 Å². The van der Waals surface area contributed by atoms with Crippen molar-refractivity contribution in [1.82, 2.24) is 4.90 Å². The molecule has 0 spiro atoms. The predicted octanol–water partition coefficient (Wildman–Crippen LogP) is 0.481. The zero-order valence-electron chi connectivity index (χ0n) is 11.4. The maximum Gasteiger partial charge on any atom is 0.239 e. The van der Waals surface area contributed by atoms with Gasteiger partial charge in [0.2, 0.25) is 5.91 Å². The first kappa shape index (κ1) is 16.4. The van der Waals surface area contributed by atoms with E-state index in [1.165, 1.54) is 0 Å². The minimum atomic E-state index is -0.427. The van der Waals surface area contributed by atoms with Crippen molar-refractivity contribution in [2.75, 3.05) is 40.5 Å². The molecule has 2 N–H and O–H groups in total. The number of ether oxygens (including phenoxy) is 2. The molecule has 17 heavy (non-hydrogen) atoms. The average Bonchev–Trinajstić information content (AvgIpc) is 2.27. The fourth-order valence-corrected chi connectivity index (χ4v) is 1.58. The van der Waals surface area contributed by atoms with E-state index in [2.05, 4.69) is 13.8 Å². The Morgan fingerprint density at radius 3 is 2.00 bits per heavy atom. The van der Waals surface area contributed by atoms with Gasteiger partial charge in [0.25, 0.3) is 0 Å². The number of hydrogen-bond acceptors (Lipinski definition) is 4. The Morgan fingerprint density at radius 1 is 1.18 bits per heavy atom. The molecule has 0 aromatic carbocycles. The first-order valence-electron chi connectivity index (χ1n) is 6.05. The van der Waals surface area contributed by atoms with Crippen LogP contribution in [0, 0.1) is 5.92 Å². The van der Waals surface area contributed by atoms with Crippen molar-refractivity contribution in [3.63, 3.8) is 0 Å². The molecule has 1 unspecified atom stereocenters. The van der Waals surface area contributed by atoms with Crippen molar-refractivity contribution in [3.8, 4) is 0 Å². The standard InChI is InChI=1S/C12H26N2O3/c1-10(2)9-11(13)12(15)14(5-7-16-3)6-8-17-4/h10-11H,5-9,13H2,1-4H3. The van der Waals surface area contributed by atoms with Gasteiger partial charge in [-0.15, -0.1) is 0 Å². The van der Waals surface area contributed by atoms with Gasteiger partial charge in [0.1, 0.15) is 0 Å². The number of amides is 1. The molecule has 0 aliphatic heterocycles. The summed E-state index contributed by atoms with van der Waals surface area (Å²) in [5, 5.41) is 0. The van der Waals surface area contributed by atoms with E-state index in [4.69, 9.17) is 15.2 Å². The topological polar surface area (TPSA) is 64.8 Å². The lowest BCUT2D eigenvalue weighted by Crippen LogP contribution is -2.46. The van der Waals surface area contributed by atoms with E-state index in [0.29, 0.717) is 38.6 Å². The van der Waals surface area contributed by atoms with Crippen molar-refractivity contribution in [2.45, 2.75) is 26.3 Å². The van der Waals surface area contributed by atoms with E-state index in [9.17, 15) is 4.79 Å². The van der Waals surface area contributed by atoms with Crippen LogP contribution in [-0.4, -0.2) is 57.4 Å². The Balaban J connectivity index is 4.28. The van der Waals surface area contributed by atoms with Crippen LogP contribution in [0.2, 0.25) is 0 Å². The molecule has 5 heteroatoms. The van der Waals surface area contributed by atoms with E-state index < -0.39 is 6.04 Å². The molecule has 0 saturated carbocycles. The van der Waals surface area contributed by atoms with E-state index in [-0.39, 0.29) is 5.91 Å². The van der Waals surface area contributed by atoms with Gasteiger partial charge in [0.15, 0.2) is 0 Å². The van der Waals surface area contributed by atoms with Gasteiger partial charge in [-0.3, -0.25) is 4.79 Å². The van der Waals surface area contributed by atoms with Crippen LogP contribution >= 0.6 is 0 Å². The first-order chi connectivity index (χ1) is 8.02. The fraction of sp³-hybridized carbons (Fsp3) is 0.917. The number of rotatable bonds is 9. The normalized spacial score (nSPS) is 12.8. The molecule has 5 nitrogen and oxygen atoms in total. The second-order valence-corrected chi connectivity index (χ2v) is 4.55. The Hall–Kier alpha value is -0.650. The third-order valence-electron chi connectivity index (χ3n) is 2.48. The van der Waals surface area contributed by atoms with Crippen LogP contribution in [0.5, 0.6) is 0 Å². The summed E-state index contributed by atoms with van der Waals surface area (Å²) >= 11 is 0. The maximum absolute atomic E-state index is 12.1. The molecule has 0 aromatic rings. The van der Waals surface area contributed by atoms with Gasteiger partial charge in [0.05, 0.1) is 19.3 Å². The van der Waals surface area contributed by atoms with Gasteiger partial charge in [-0.25, -0.2) is 0 Å². The SMILES string of the molecule is COCCN(CCOC)C(=O)C(N)CC(C)C. The predicted molar refractivity (Wildman–Crippen MR) is 67.8 cm³/mol. The Labute approximate surface area is 104 Å². The number of methoxy groups -OCH3 is 2. The Kier molecular flexibility index (Phi) is 9.03. The molecule has 0 heterocycles. The highest BCUT2D eigenvalue weighted by molar-refractivity contribution is 5.81. The maximum atomic E-state index is 12.1. The minimum absolute atomic E-state index is 0.0206. The molecule has 0 radical (unpaired) electrons. The summed E-state index contributed by atoms with van der Waals surface area (Å²) in [5.41, 5.74) is 5.89. The summed E-state index contributed by atoms with van der Waals surface area (Å²) in [6, 6.07) is -0.427. The summed E-state index contributed by atoms with van der Waals surface area (Å²) < 4.78 is 9.98. The average molecular weight is 246 g/mol. The lowest BCUT2D eigenvalue weighted by molar-refractivity contribution is -0.134. The zero-order chi connectivity index (χ0) is 13.3. The highest BCUT2D eigenvalue weighted by atomic mass is 16.5. The van der Waals surface area contributed by atoms with Crippen molar-refractivity contribution >= 4 is 5.91 Å². The highest BCUT2D eigenvalue weighted by Crippen LogP contribution is 2.06. The van der Waals surface area contributed by atoms with Gasteiger partial charge >= 0.3 is 0 Å². The Bertz CT molecular complexity index is 202. The number of nitrogens with zero attached hydrogens (tertiary/aromatic N) is 1. The van der Waals surface area contributed by atoms with Gasteiger partial charge in [-0.1, -0.05) is 13.8 Å².